The van der Waals surface area contributed by atoms with Crippen molar-refractivity contribution in [2.45, 2.75) is 0 Å². The van der Waals surface area contributed by atoms with Crippen LogP contribution in [0, 0.1) is 22.7 Å². The molecular weight excluding hydrogens is 591 g/mol. The van der Waals surface area contributed by atoms with E-state index < -0.39 is 7.12 Å². The number of hydrogen-bond donors (Lipinski definition) is 4. The van der Waals surface area contributed by atoms with Crippen LogP contribution in [0.2, 0.25) is 0 Å². The number of rotatable bonds is 2. The first-order chi connectivity index (χ1) is 20.3. The summed E-state index contributed by atoms with van der Waals surface area (Å²) < 4.78 is 0.793. The third-order valence-electron chi connectivity index (χ3n) is 6.40. The zero-order valence-electron chi connectivity index (χ0n) is 22.2. The van der Waals surface area contributed by atoms with E-state index in [-0.39, 0.29) is 17.1 Å². The number of halogens is 1. The molecule has 0 aliphatic carbocycles. The minimum absolute atomic E-state index is 0.0192. The highest BCUT2D eigenvalue weighted by molar-refractivity contribution is 9.10. The van der Waals surface area contributed by atoms with Gasteiger partial charge in [-0.2, -0.15) is 10.5 Å². The number of fused-ring (bicyclic) bond motifs is 2. The molecule has 6 aromatic carbocycles. The molecule has 0 saturated heterocycles. The SMILES string of the molecule is N#Cc1cc(-c2cccc3ccccc23)ccc1O.N#Cc1cc(Br)ccc1O.OB(O)c1cccc2ccccc12. The van der Waals surface area contributed by atoms with E-state index in [0.717, 1.165) is 37.1 Å². The van der Waals surface area contributed by atoms with E-state index in [9.17, 15) is 5.11 Å². The van der Waals surface area contributed by atoms with Crippen LogP contribution in [-0.4, -0.2) is 27.4 Å². The Kier molecular flexibility index (Phi) is 9.94. The van der Waals surface area contributed by atoms with Gasteiger partial charge in [0.2, 0.25) is 0 Å². The maximum absolute atomic E-state index is 9.57. The van der Waals surface area contributed by atoms with Gasteiger partial charge in [0, 0.05) is 4.47 Å². The molecule has 0 bridgehead atoms. The van der Waals surface area contributed by atoms with Crippen molar-refractivity contribution in [3.8, 4) is 34.8 Å². The Bertz CT molecular complexity index is 1940. The normalized spacial score (nSPS) is 9.93. The number of phenols is 2. The maximum atomic E-state index is 9.57. The van der Waals surface area contributed by atoms with Crippen molar-refractivity contribution in [1.29, 1.82) is 10.5 Å². The molecule has 0 radical (unpaired) electrons. The number of hydrogen-bond acceptors (Lipinski definition) is 6. The second kappa shape index (κ2) is 14.0. The molecule has 42 heavy (non-hydrogen) atoms. The van der Waals surface area contributed by atoms with E-state index in [4.69, 9.17) is 25.7 Å². The van der Waals surface area contributed by atoms with Gasteiger partial charge in [-0.15, -0.1) is 0 Å². The first kappa shape index (κ1) is 29.9. The number of aromatic hydroxyl groups is 2. The summed E-state index contributed by atoms with van der Waals surface area (Å²) in [5.74, 6) is 0.0391. The summed E-state index contributed by atoms with van der Waals surface area (Å²) in [7, 11) is -1.40. The van der Waals surface area contributed by atoms with Crippen LogP contribution in [0.25, 0.3) is 32.7 Å². The van der Waals surface area contributed by atoms with E-state index in [2.05, 4.69) is 34.1 Å². The summed E-state index contributed by atoms with van der Waals surface area (Å²) in [5.41, 5.74) is 3.14. The molecule has 6 aromatic rings. The van der Waals surface area contributed by atoms with Crippen LogP contribution in [0.4, 0.5) is 0 Å². The molecule has 0 fully saturated rings. The van der Waals surface area contributed by atoms with Crippen molar-refractivity contribution < 1.29 is 20.3 Å². The van der Waals surface area contributed by atoms with Crippen molar-refractivity contribution >= 4 is 50.1 Å². The van der Waals surface area contributed by atoms with Gasteiger partial charge in [-0.25, -0.2) is 0 Å². The molecule has 0 spiro atoms. The van der Waals surface area contributed by atoms with E-state index >= 15 is 0 Å². The third-order valence-corrected chi connectivity index (χ3v) is 6.89. The van der Waals surface area contributed by atoms with Gasteiger partial charge in [-0.3, -0.25) is 0 Å². The standard InChI is InChI=1S/C17H11NO.C10H9BO2.C7H4BrNO/c18-11-14-10-13(8-9-17(14)19)16-7-3-5-12-4-1-2-6-15(12)16;12-11(13)10-7-3-5-8-4-1-2-6-9(8)10;8-6-1-2-7(10)5(3-6)4-9/h1-10,19H;1-7,12-13H;1-3,10H. The van der Waals surface area contributed by atoms with Crippen molar-refractivity contribution in [2.24, 2.45) is 0 Å². The molecule has 8 heteroatoms. The highest BCUT2D eigenvalue weighted by Crippen LogP contribution is 2.31. The van der Waals surface area contributed by atoms with Crippen LogP contribution in [0.5, 0.6) is 11.5 Å². The molecule has 0 aliphatic heterocycles. The zero-order chi connectivity index (χ0) is 30.1. The molecule has 204 valence electrons. The van der Waals surface area contributed by atoms with Gasteiger partial charge in [0.15, 0.2) is 0 Å². The fourth-order valence-corrected chi connectivity index (χ4v) is 4.70. The molecule has 0 atom stereocenters. The Labute approximate surface area is 251 Å². The summed E-state index contributed by atoms with van der Waals surface area (Å²) in [6, 6.07) is 41.0. The lowest BCUT2D eigenvalue weighted by Gasteiger charge is -2.07. The Morgan fingerprint density at radius 2 is 1.10 bits per heavy atom. The second-order valence-electron chi connectivity index (χ2n) is 9.09. The Hall–Kier alpha value is -5.12. The highest BCUT2D eigenvalue weighted by Gasteiger charge is 2.13. The van der Waals surface area contributed by atoms with E-state index in [1.165, 1.54) is 6.07 Å². The molecule has 0 saturated carbocycles. The Morgan fingerprint density at radius 1 is 0.571 bits per heavy atom. The average molecular weight is 615 g/mol. The smallest absolute Gasteiger partial charge is 0.489 e. The van der Waals surface area contributed by atoms with Crippen LogP contribution in [0.15, 0.2) is 126 Å². The van der Waals surface area contributed by atoms with Crippen molar-refractivity contribution in [2.75, 3.05) is 0 Å². The van der Waals surface area contributed by atoms with Crippen LogP contribution in [0.3, 0.4) is 0 Å². The quantitative estimate of drug-likeness (QED) is 0.162. The predicted octanol–water partition coefficient (Wildman–Crippen LogP) is 6.63. The Balaban J connectivity index is 0.000000154. The lowest BCUT2D eigenvalue weighted by molar-refractivity contribution is 0.426. The van der Waals surface area contributed by atoms with Gasteiger partial charge in [-0.05, 0) is 68.5 Å². The van der Waals surface area contributed by atoms with Gasteiger partial charge >= 0.3 is 7.12 Å². The fraction of sp³-hybridized carbons (Fsp3) is 0. The second-order valence-corrected chi connectivity index (χ2v) is 10.0. The van der Waals surface area contributed by atoms with Crippen molar-refractivity contribution in [3.63, 3.8) is 0 Å². The number of benzene rings is 6. The van der Waals surface area contributed by atoms with Crippen molar-refractivity contribution in [1.82, 2.24) is 0 Å². The lowest BCUT2D eigenvalue weighted by atomic mass is 9.77. The zero-order valence-corrected chi connectivity index (χ0v) is 23.8. The fourth-order valence-electron chi connectivity index (χ4n) is 4.34. The summed E-state index contributed by atoms with van der Waals surface area (Å²) in [6.07, 6.45) is 0. The largest absolute Gasteiger partial charge is 0.507 e. The predicted molar refractivity (Wildman–Crippen MR) is 170 cm³/mol. The van der Waals surface area contributed by atoms with Crippen LogP contribution >= 0.6 is 15.9 Å². The maximum Gasteiger partial charge on any atom is 0.489 e. The van der Waals surface area contributed by atoms with E-state index in [1.807, 2.05) is 78.9 Å². The molecule has 0 aliphatic rings. The number of nitrogens with zero attached hydrogens (tertiary/aromatic N) is 2. The lowest BCUT2D eigenvalue weighted by Crippen LogP contribution is -2.30. The van der Waals surface area contributed by atoms with Gasteiger partial charge in [0.25, 0.3) is 0 Å². The molecule has 0 amide bonds. The van der Waals surface area contributed by atoms with E-state index in [1.54, 1.807) is 30.3 Å². The van der Waals surface area contributed by atoms with Gasteiger partial charge in [0.05, 0.1) is 11.1 Å². The first-order valence-corrected chi connectivity index (χ1v) is 13.6. The van der Waals surface area contributed by atoms with Crippen molar-refractivity contribution in [3.05, 3.63) is 137 Å². The number of nitriles is 2. The number of phenolic OH excluding ortho intramolecular Hbond substituents is 2. The molecule has 0 aromatic heterocycles. The molecular formula is C34H24BBrN2O4. The highest BCUT2D eigenvalue weighted by atomic mass is 79.9. The van der Waals surface area contributed by atoms with Gasteiger partial charge in [-0.1, -0.05) is 107 Å². The van der Waals surface area contributed by atoms with Crippen LogP contribution in [-0.2, 0) is 0 Å². The monoisotopic (exact) mass is 614 g/mol. The molecule has 6 rings (SSSR count). The first-order valence-electron chi connectivity index (χ1n) is 12.8. The van der Waals surface area contributed by atoms with E-state index in [0.29, 0.717) is 11.0 Å². The summed E-state index contributed by atoms with van der Waals surface area (Å²) in [6.45, 7) is 0. The molecule has 0 unspecified atom stereocenters. The molecule has 0 heterocycles. The minimum Gasteiger partial charge on any atom is -0.507 e. The Morgan fingerprint density at radius 3 is 1.71 bits per heavy atom. The molecule has 4 N–H and O–H groups in total. The minimum atomic E-state index is -1.40. The average Bonchev–Trinajstić information content (AvgIpc) is 3.02. The topological polar surface area (TPSA) is 128 Å². The summed E-state index contributed by atoms with van der Waals surface area (Å²) in [5, 5.41) is 58.3. The van der Waals surface area contributed by atoms with Gasteiger partial charge in [0.1, 0.15) is 23.6 Å². The van der Waals surface area contributed by atoms with Gasteiger partial charge < -0.3 is 20.3 Å². The third kappa shape index (κ3) is 7.14. The molecule has 6 nitrogen and oxygen atoms in total. The van der Waals surface area contributed by atoms with Crippen LogP contribution < -0.4 is 5.46 Å². The summed E-state index contributed by atoms with van der Waals surface area (Å²) >= 11 is 3.17. The summed E-state index contributed by atoms with van der Waals surface area (Å²) in [4.78, 5) is 0. The van der Waals surface area contributed by atoms with Crippen LogP contribution in [0.1, 0.15) is 11.1 Å².